The number of ether oxygens (including phenoxy) is 1. The van der Waals surface area contributed by atoms with E-state index in [1.807, 2.05) is 30.3 Å². The normalized spacial score (nSPS) is 18.3. The monoisotopic (exact) mass is 281 g/mol. The third-order valence-corrected chi connectivity index (χ3v) is 3.93. The lowest BCUT2D eigenvalue weighted by Crippen LogP contribution is -2.35. The van der Waals surface area contributed by atoms with Crippen molar-refractivity contribution in [2.75, 3.05) is 13.2 Å². The summed E-state index contributed by atoms with van der Waals surface area (Å²) in [4.78, 5) is 4.46. The van der Waals surface area contributed by atoms with E-state index in [4.69, 9.17) is 4.74 Å². The van der Waals surface area contributed by atoms with Crippen molar-refractivity contribution < 1.29 is 4.74 Å². The van der Waals surface area contributed by atoms with Gasteiger partial charge in [0.1, 0.15) is 11.6 Å². The van der Waals surface area contributed by atoms with Gasteiger partial charge >= 0.3 is 0 Å². The lowest BCUT2D eigenvalue weighted by Gasteiger charge is -2.23. The van der Waals surface area contributed by atoms with E-state index in [1.165, 1.54) is 19.3 Å². The number of nitrogens with one attached hydrogen (secondary N) is 1. The molecule has 2 aromatic rings. The molecule has 0 saturated carbocycles. The first-order valence-electron chi connectivity index (χ1n) is 7.53. The van der Waals surface area contributed by atoms with Crippen LogP contribution in [-0.2, 0) is 0 Å². The maximum atomic E-state index is 9.24. The second kappa shape index (κ2) is 6.55. The Bertz CT molecular complexity index is 657. The van der Waals surface area contributed by atoms with E-state index in [1.54, 1.807) is 0 Å². The number of piperidine rings is 1. The van der Waals surface area contributed by atoms with Crippen LogP contribution in [0.5, 0.6) is 5.88 Å². The highest BCUT2D eigenvalue weighted by Crippen LogP contribution is 2.22. The maximum absolute atomic E-state index is 9.24. The molecule has 1 fully saturated rings. The van der Waals surface area contributed by atoms with Crippen LogP contribution in [-0.4, -0.2) is 24.2 Å². The second-order valence-electron chi connectivity index (χ2n) is 5.43. The summed E-state index contributed by atoms with van der Waals surface area (Å²) in [5.41, 5.74) is 1.37. The van der Waals surface area contributed by atoms with Crippen molar-refractivity contribution in [1.29, 1.82) is 5.26 Å². The topological polar surface area (TPSA) is 57.9 Å². The fraction of sp³-hybridized carbons (Fsp3) is 0.412. The average molecular weight is 281 g/mol. The number of aromatic nitrogens is 1. The minimum atomic E-state index is 0.451. The van der Waals surface area contributed by atoms with Crippen molar-refractivity contribution in [2.45, 2.75) is 31.7 Å². The zero-order valence-electron chi connectivity index (χ0n) is 12.0. The molecule has 1 aliphatic heterocycles. The van der Waals surface area contributed by atoms with Crippen molar-refractivity contribution >= 4 is 10.9 Å². The van der Waals surface area contributed by atoms with Crippen LogP contribution in [0.3, 0.4) is 0 Å². The zero-order valence-corrected chi connectivity index (χ0v) is 12.0. The van der Waals surface area contributed by atoms with E-state index in [0.29, 0.717) is 24.1 Å². The van der Waals surface area contributed by atoms with Crippen molar-refractivity contribution in [1.82, 2.24) is 10.3 Å². The first kappa shape index (κ1) is 13.8. The van der Waals surface area contributed by atoms with Gasteiger partial charge in [-0.15, -0.1) is 0 Å². The SMILES string of the molecule is N#Cc1cc2ccccc2nc1OCCC1CCCCN1. The minimum absolute atomic E-state index is 0.451. The number of rotatable bonds is 4. The molecule has 1 aliphatic rings. The lowest BCUT2D eigenvalue weighted by molar-refractivity contribution is 0.261. The van der Waals surface area contributed by atoms with Gasteiger partial charge in [-0.25, -0.2) is 4.98 Å². The van der Waals surface area contributed by atoms with E-state index in [9.17, 15) is 5.26 Å². The van der Waals surface area contributed by atoms with Gasteiger partial charge in [-0.05, 0) is 37.9 Å². The van der Waals surface area contributed by atoms with Crippen LogP contribution in [0.15, 0.2) is 30.3 Å². The molecule has 0 aliphatic carbocycles. The molecule has 1 N–H and O–H groups in total. The molecule has 2 heterocycles. The third-order valence-electron chi connectivity index (χ3n) is 3.93. The number of hydrogen-bond acceptors (Lipinski definition) is 4. The summed E-state index contributed by atoms with van der Waals surface area (Å²) in [6, 6.07) is 12.3. The molecule has 1 saturated heterocycles. The van der Waals surface area contributed by atoms with E-state index < -0.39 is 0 Å². The van der Waals surface area contributed by atoms with Gasteiger partial charge in [0.05, 0.1) is 12.1 Å². The molecule has 3 rings (SSSR count). The first-order valence-corrected chi connectivity index (χ1v) is 7.53. The molecule has 0 amide bonds. The third kappa shape index (κ3) is 3.32. The van der Waals surface area contributed by atoms with Crippen LogP contribution >= 0.6 is 0 Å². The van der Waals surface area contributed by atoms with Crippen LogP contribution in [0, 0.1) is 11.3 Å². The fourth-order valence-electron chi connectivity index (χ4n) is 2.76. The number of hydrogen-bond donors (Lipinski definition) is 1. The van der Waals surface area contributed by atoms with Crippen molar-refractivity contribution in [3.05, 3.63) is 35.9 Å². The van der Waals surface area contributed by atoms with E-state index in [-0.39, 0.29) is 0 Å². The van der Waals surface area contributed by atoms with E-state index in [2.05, 4.69) is 16.4 Å². The standard InChI is InChI=1S/C17H19N3O/c18-12-14-11-13-5-1-2-7-16(13)20-17(14)21-10-8-15-6-3-4-9-19-15/h1-2,5,7,11,15,19H,3-4,6,8-10H2. The molecule has 108 valence electrons. The zero-order chi connectivity index (χ0) is 14.5. The number of pyridine rings is 1. The van der Waals surface area contributed by atoms with Crippen molar-refractivity contribution in [3.8, 4) is 11.9 Å². The molecule has 1 aromatic heterocycles. The molecule has 21 heavy (non-hydrogen) atoms. The van der Waals surface area contributed by atoms with E-state index in [0.717, 1.165) is 23.9 Å². The van der Waals surface area contributed by atoms with E-state index >= 15 is 0 Å². The lowest BCUT2D eigenvalue weighted by atomic mass is 10.0. The van der Waals surface area contributed by atoms with Gasteiger partial charge < -0.3 is 10.1 Å². The Kier molecular flexibility index (Phi) is 4.32. The Hall–Kier alpha value is -2.12. The number of para-hydroxylation sites is 1. The smallest absolute Gasteiger partial charge is 0.232 e. The van der Waals surface area contributed by atoms with Gasteiger partial charge in [0.15, 0.2) is 0 Å². The average Bonchev–Trinajstić information content (AvgIpc) is 2.55. The van der Waals surface area contributed by atoms with Gasteiger partial charge in [0.25, 0.3) is 0 Å². The number of nitriles is 1. The van der Waals surface area contributed by atoms with Gasteiger partial charge in [-0.2, -0.15) is 5.26 Å². The molecule has 1 atom stereocenters. The minimum Gasteiger partial charge on any atom is -0.477 e. The van der Waals surface area contributed by atoms with Crippen molar-refractivity contribution in [3.63, 3.8) is 0 Å². The number of nitrogens with zero attached hydrogens (tertiary/aromatic N) is 2. The summed E-state index contributed by atoms with van der Waals surface area (Å²) in [5, 5.41) is 13.7. The highest BCUT2D eigenvalue weighted by Gasteiger charge is 2.13. The maximum Gasteiger partial charge on any atom is 0.232 e. The van der Waals surface area contributed by atoms with Gasteiger partial charge in [0, 0.05) is 11.4 Å². The second-order valence-corrected chi connectivity index (χ2v) is 5.43. The molecule has 1 aromatic carbocycles. The van der Waals surface area contributed by atoms with Gasteiger partial charge in [0.2, 0.25) is 5.88 Å². The summed E-state index contributed by atoms with van der Waals surface area (Å²) >= 11 is 0. The molecule has 0 spiro atoms. The predicted molar refractivity (Wildman–Crippen MR) is 82.2 cm³/mol. The summed E-state index contributed by atoms with van der Waals surface area (Å²) < 4.78 is 5.77. The Morgan fingerprint density at radius 2 is 2.24 bits per heavy atom. The number of benzene rings is 1. The number of fused-ring (bicyclic) bond motifs is 1. The fourth-order valence-corrected chi connectivity index (χ4v) is 2.76. The molecule has 0 radical (unpaired) electrons. The Morgan fingerprint density at radius 1 is 1.33 bits per heavy atom. The predicted octanol–water partition coefficient (Wildman–Crippen LogP) is 3.02. The van der Waals surface area contributed by atoms with Gasteiger partial charge in [-0.3, -0.25) is 0 Å². The van der Waals surface area contributed by atoms with Crippen LogP contribution in [0.25, 0.3) is 10.9 Å². The van der Waals surface area contributed by atoms with Crippen LogP contribution in [0.2, 0.25) is 0 Å². The quantitative estimate of drug-likeness (QED) is 0.936. The molecule has 1 unspecified atom stereocenters. The van der Waals surface area contributed by atoms with Crippen LogP contribution < -0.4 is 10.1 Å². The highest BCUT2D eigenvalue weighted by molar-refractivity contribution is 5.80. The molecular formula is C17H19N3O. The van der Waals surface area contributed by atoms with Crippen molar-refractivity contribution in [2.24, 2.45) is 0 Å². The molecule has 4 heteroatoms. The molecule has 0 bridgehead atoms. The Morgan fingerprint density at radius 3 is 3.05 bits per heavy atom. The van der Waals surface area contributed by atoms with Gasteiger partial charge in [-0.1, -0.05) is 24.6 Å². The summed E-state index contributed by atoms with van der Waals surface area (Å²) in [6.45, 7) is 1.69. The summed E-state index contributed by atoms with van der Waals surface area (Å²) in [6.07, 6.45) is 4.72. The molecule has 4 nitrogen and oxygen atoms in total. The molecular weight excluding hydrogens is 262 g/mol. The Labute approximate surface area is 124 Å². The van der Waals surface area contributed by atoms with Crippen LogP contribution in [0.1, 0.15) is 31.2 Å². The summed E-state index contributed by atoms with van der Waals surface area (Å²) in [5.74, 6) is 0.451. The first-order chi connectivity index (χ1) is 10.4. The largest absolute Gasteiger partial charge is 0.477 e. The summed E-state index contributed by atoms with van der Waals surface area (Å²) in [7, 11) is 0. The highest BCUT2D eigenvalue weighted by atomic mass is 16.5. The Balaban J connectivity index is 1.69. The van der Waals surface area contributed by atoms with Crippen LogP contribution in [0.4, 0.5) is 0 Å².